The van der Waals surface area contributed by atoms with Crippen LogP contribution in [-0.4, -0.2) is 26.9 Å². The zero-order chi connectivity index (χ0) is 10.0. The van der Waals surface area contributed by atoms with Gasteiger partial charge in [-0.15, -0.1) is 11.6 Å². The summed E-state index contributed by atoms with van der Waals surface area (Å²) in [5, 5.41) is 13.6. The second kappa shape index (κ2) is 4.11. The SMILES string of the molecule is Cc1nn(CC(O)CCl)c(C)c1C. The van der Waals surface area contributed by atoms with Crippen molar-refractivity contribution in [2.45, 2.75) is 33.4 Å². The molecule has 13 heavy (non-hydrogen) atoms. The van der Waals surface area contributed by atoms with Gasteiger partial charge in [0.05, 0.1) is 24.2 Å². The van der Waals surface area contributed by atoms with E-state index in [1.54, 1.807) is 4.68 Å². The van der Waals surface area contributed by atoms with Crippen molar-refractivity contribution in [2.75, 3.05) is 5.88 Å². The van der Waals surface area contributed by atoms with Crippen molar-refractivity contribution in [1.29, 1.82) is 0 Å². The van der Waals surface area contributed by atoms with E-state index in [-0.39, 0.29) is 5.88 Å². The quantitative estimate of drug-likeness (QED) is 0.753. The lowest BCUT2D eigenvalue weighted by Crippen LogP contribution is -2.19. The smallest absolute Gasteiger partial charge is 0.0871 e. The van der Waals surface area contributed by atoms with Gasteiger partial charge < -0.3 is 5.11 Å². The molecule has 0 fully saturated rings. The van der Waals surface area contributed by atoms with Crippen molar-refractivity contribution in [3.05, 3.63) is 17.0 Å². The van der Waals surface area contributed by atoms with Crippen LogP contribution in [0.4, 0.5) is 0 Å². The lowest BCUT2D eigenvalue weighted by molar-refractivity contribution is 0.170. The minimum atomic E-state index is -0.515. The standard InChI is InChI=1S/C9H15ClN2O/c1-6-7(2)11-12(8(6)3)5-9(13)4-10/h9,13H,4-5H2,1-3H3. The molecule has 0 aromatic carbocycles. The van der Waals surface area contributed by atoms with Crippen LogP contribution in [0.1, 0.15) is 17.0 Å². The number of hydrogen-bond donors (Lipinski definition) is 1. The fourth-order valence-electron chi connectivity index (χ4n) is 1.21. The number of halogens is 1. The Hall–Kier alpha value is -0.540. The molecule has 0 radical (unpaired) electrons. The molecule has 0 saturated carbocycles. The molecule has 1 heterocycles. The Labute approximate surface area is 83.3 Å². The Morgan fingerprint density at radius 2 is 2.08 bits per heavy atom. The third kappa shape index (κ3) is 2.23. The Kier molecular flexibility index (Phi) is 3.33. The van der Waals surface area contributed by atoms with Crippen molar-refractivity contribution in [2.24, 2.45) is 0 Å². The number of hydrogen-bond acceptors (Lipinski definition) is 2. The van der Waals surface area contributed by atoms with E-state index in [4.69, 9.17) is 11.6 Å². The summed E-state index contributed by atoms with van der Waals surface area (Å²) in [5.41, 5.74) is 3.29. The van der Waals surface area contributed by atoms with Gasteiger partial charge in [-0.2, -0.15) is 5.10 Å². The molecule has 1 rings (SSSR count). The summed E-state index contributed by atoms with van der Waals surface area (Å²) in [6, 6.07) is 0. The molecule has 3 nitrogen and oxygen atoms in total. The first-order chi connectivity index (χ1) is 6.06. The van der Waals surface area contributed by atoms with Crippen LogP contribution in [-0.2, 0) is 6.54 Å². The van der Waals surface area contributed by atoms with Gasteiger partial charge in [0.2, 0.25) is 0 Å². The summed E-state index contributed by atoms with van der Waals surface area (Å²) in [4.78, 5) is 0. The van der Waals surface area contributed by atoms with Crippen LogP contribution in [0.25, 0.3) is 0 Å². The highest BCUT2D eigenvalue weighted by molar-refractivity contribution is 6.18. The van der Waals surface area contributed by atoms with Gasteiger partial charge in [-0.3, -0.25) is 4.68 Å². The summed E-state index contributed by atoms with van der Waals surface area (Å²) in [6.45, 7) is 6.47. The summed E-state index contributed by atoms with van der Waals surface area (Å²) in [6.07, 6.45) is -0.515. The van der Waals surface area contributed by atoms with Gasteiger partial charge in [-0.25, -0.2) is 0 Å². The minimum Gasteiger partial charge on any atom is -0.390 e. The molecule has 0 saturated heterocycles. The lowest BCUT2D eigenvalue weighted by atomic mass is 10.2. The van der Waals surface area contributed by atoms with Crippen LogP contribution in [0, 0.1) is 20.8 Å². The average molecular weight is 203 g/mol. The van der Waals surface area contributed by atoms with Crippen LogP contribution in [0.5, 0.6) is 0 Å². The fraction of sp³-hybridized carbons (Fsp3) is 0.667. The maximum atomic E-state index is 9.34. The Morgan fingerprint density at radius 3 is 2.46 bits per heavy atom. The van der Waals surface area contributed by atoms with Crippen molar-refractivity contribution < 1.29 is 5.11 Å². The lowest BCUT2D eigenvalue weighted by Gasteiger charge is -2.08. The molecule has 0 aliphatic rings. The number of aromatic nitrogens is 2. The highest BCUT2D eigenvalue weighted by Crippen LogP contribution is 2.11. The van der Waals surface area contributed by atoms with Gasteiger partial charge in [0.25, 0.3) is 0 Å². The molecule has 0 spiro atoms. The first-order valence-electron chi connectivity index (χ1n) is 4.31. The zero-order valence-corrected chi connectivity index (χ0v) is 8.97. The maximum Gasteiger partial charge on any atom is 0.0871 e. The number of alkyl halides is 1. The predicted molar refractivity (Wildman–Crippen MR) is 53.2 cm³/mol. The molecule has 0 bridgehead atoms. The zero-order valence-electron chi connectivity index (χ0n) is 8.21. The van der Waals surface area contributed by atoms with Gasteiger partial charge in [0, 0.05) is 5.69 Å². The van der Waals surface area contributed by atoms with E-state index in [1.165, 1.54) is 5.56 Å². The molecule has 1 aromatic rings. The van der Waals surface area contributed by atoms with Gasteiger partial charge in [-0.05, 0) is 26.3 Å². The largest absolute Gasteiger partial charge is 0.390 e. The van der Waals surface area contributed by atoms with E-state index in [0.717, 1.165) is 11.4 Å². The molecule has 4 heteroatoms. The van der Waals surface area contributed by atoms with Crippen LogP contribution in [0.15, 0.2) is 0 Å². The molecule has 74 valence electrons. The third-order valence-electron chi connectivity index (χ3n) is 2.31. The molecule has 1 unspecified atom stereocenters. The number of nitrogens with zero attached hydrogens (tertiary/aromatic N) is 2. The maximum absolute atomic E-state index is 9.34. The van der Waals surface area contributed by atoms with E-state index in [2.05, 4.69) is 5.10 Å². The predicted octanol–water partition coefficient (Wildman–Crippen LogP) is 1.41. The number of aryl methyl sites for hydroxylation is 1. The first-order valence-corrected chi connectivity index (χ1v) is 4.84. The third-order valence-corrected chi connectivity index (χ3v) is 2.66. The molecule has 0 aliphatic carbocycles. The first kappa shape index (κ1) is 10.5. The van der Waals surface area contributed by atoms with Crippen molar-refractivity contribution in [3.8, 4) is 0 Å². The minimum absolute atomic E-state index is 0.247. The number of rotatable bonds is 3. The summed E-state index contributed by atoms with van der Waals surface area (Å²) < 4.78 is 1.80. The second-order valence-corrected chi connectivity index (χ2v) is 3.59. The van der Waals surface area contributed by atoms with Crippen LogP contribution in [0.2, 0.25) is 0 Å². The van der Waals surface area contributed by atoms with Gasteiger partial charge >= 0.3 is 0 Å². The molecule has 1 N–H and O–H groups in total. The van der Waals surface area contributed by atoms with Gasteiger partial charge in [-0.1, -0.05) is 0 Å². The monoisotopic (exact) mass is 202 g/mol. The van der Waals surface area contributed by atoms with Gasteiger partial charge in [0.1, 0.15) is 0 Å². The van der Waals surface area contributed by atoms with Crippen LogP contribution < -0.4 is 0 Å². The Bertz CT molecular complexity index is 296. The average Bonchev–Trinajstić information content (AvgIpc) is 2.34. The topological polar surface area (TPSA) is 38.0 Å². The van der Waals surface area contributed by atoms with E-state index in [1.807, 2.05) is 20.8 Å². The fourth-order valence-corrected chi connectivity index (χ4v) is 1.31. The van der Waals surface area contributed by atoms with E-state index in [0.29, 0.717) is 6.54 Å². The second-order valence-electron chi connectivity index (χ2n) is 3.29. The van der Waals surface area contributed by atoms with Crippen LogP contribution in [0.3, 0.4) is 0 Å². The van der Waals surface area contributed by atoms with Gasteiger partial charge in [0.15, 0.2) is 0 Å². The Balaban J connectivity index is 2.83. The molecule has 0 aliphatic heterocycles. The highest BCUT2D eigenvalue weighted by Gasteiger charge is 2.10. The van der Waals surface area contributed by atoms with E-state index in [9.17, 15) is 5.11 Å². The molecule has 0 amide bonds. The number of aliphatic hydroxyl groups is 1. The van der Waals surface area contributed by atoms with Crippen molar-refractivity contribution >= 4 is 11.6 Å². The Morgan fingerprint density at radius 1 is 1.46 bits per heavy atom. The summed E-state index contributed by atoms with van der Waals surface area (Å²) in [7, 11) is 0. The van der Waals surface area contributed by atoms with Crippen molar-refractivity contribution in [1.82, 2.24) is 9.78 Å². The van der Waals surface area contributed by atoms with Crippen LogP contribution >= 0.6 is 11.6 Å². The molecule has 1 aromatic heterocycles. The number of aliphatic hydroxyl groups excluding tert-OH is 1. The summed E-state index contributed by atoms with van der Waals surface area (Å²) >= 11 is 5.51. The summed E-state index contributed by atoms with van der Waals surface area (Å²) in [5.74, 6) is 0.247. The highest BCUT2D eigenvalue weighted by atomic mass is 35.5. The molecule has 1 atom stereocenters. The van der Waals surface area contributed by atoms with E-state index < -0.39 is 6.10 Å². The molecular weight excluding hydrogens is 188 g/mol. The van der Waals surface area contributed by atoms with E-state index >= 15 is 0 Å². The molecular formula is C9H15ClN2O. The normalized spacial score (nSPS) is 13.3. The van der Waals surface area contributed by atoms with Crippen molar-refractivity contribution in [3.63, 3.8) is 0 Å².